The molecule has 5 heteroatoms. The van der Waals surface area contributed by atoms with Crippen LogP contribution in [0.4, 0.5) is 5.82 Å². The Balaban J connectivity index is 2.11. The molecule has 0 aliphatic carbocycles. The maximum Gasteiger partial charge on any atom is 0.255 e. The number of nitrogen functional groups attached to an aromatic ring is 1. The van der Waals surface area contributed by atoms with Crippen molar-refractivity contribution in [2.75, 3.05) is 18.5 Å². The fourth-order valence-electron chi connectivity index (χ4n) is 1.71. The van der Waals surface area contributed by atoms with Crippen molar-refractivity contribution < 1.29 is 4.79 Å². The first-order valence-electron chi connectivity index (χ1n) is 5.03. The first-order chi connectivity index (χ1) is 7.31. The smallest absolute Gasteiger partial charge is 0.255 e. The average Bonchev–Trinajstić information content (AvgIpc) is 2.82. The molecule has 0 radical (unpaired) electrons. The zero-order valence-corrected chi connectivity index (χ0v) is 8.44. The number of rotatable bonds is 2. The zero-order chi connectivity index (χ0) is 10.7. The van der Waals surface area contributed by atoms with Crippen LogP contribution in [0.2, 0.25) is 0 Å². The summed E-state index contributed by atoms with van der Waals surface area (Å²) >= 11 is 0. The topological polar surface area (TPSA) is 71.2 Å². The third-order valence-electron chi connectivity index (χ3n) is 2.55. The van der Waals surface area contributed by atoms with Crippen molar-refractivity contribution >= 4 is 11.7 Å². The normalized spacial score (nSPS) is 15.4. The van der Waals surface area contributed by atoms with Gasteiger partial charge < -0.3 is 10.3 Å². The van der Waals surface area contributed by atoms with Crippen LogP contribution >= 0.6 is 0 Å². The van der Waals surface area contributed by atoms with E-state index in [0.29, 0.717) is 11.4 Å². The lowest BCUT2D eigenvalue weighted by Crippen LogP contribution is -2.27. The number of nitrogens with zero attached hydrogens (tertiary/aromatic N) is 2. The summed E-state index contributed by atoms with van der Waals surface area (Å²) in [5.41, 5.74) is 3.05. The quantitative estimate of drug-likeness (QED) is 0.549. The molecule has 80 valence electrons. The molecule has 1 aliphatic heterocycles. The first-order valence-corrected chi connectivity index (χ1v) is 5.03. The summed E-state index contributed by atoms with van der Waals surface area (Å²) in [4.78, 5) is 17.7. The van der Waals surface area contributed by atoms with Gasteiger partial charge in [0.15, 0.2) is 0 Å². The monoisotopic (exact) mass is 206 g/mol. The molecule has 1 aromatic heterocycles. The van der Waals surface area contributed by atoms with E-state index < -0.39 is 0 Å². The number of amides is 1. The van der Waals surface area contributed by atoms with Gasteiger partial charge in [0.25, 0.3) is 5.91 Å². The van der Waals surface area contributed by atoms with Crippen molar-refractivity contribution in [3.05, 3.63) is 23.9 Å². The average molecular weight is 206 g/mol. The molecular weight excluding hydrogens is 192 g/mol. The Bertz CT molecular complexity index is 343. The Labute approximate surface area is 88.3 Å². The Morgan fingerprint density at radius 3 is 2.67 bits per heavy atom. The molecule has 1 fully saturated rings. The Morgan fingerprint density at radius 2 is 2.13 bits per heavy atom. The summed E-state index contributed by atoms with van der Waals surface area (Å²) in [6.45, 7) is 1.71. The molecule has 15 heavy (non-hydrogen) atoms. The number of nitrogens with two attached hydrogens (primary N) is 1. The Hall–Kier alpha value is -1.62. The third-order valence-corrected chi connectivity index (χ3v) is 2.55. The second kappa shape index (κ2) is 4.27. The maximum absolute atomic E-state index is 11.9. The molecule has 0 atom stereocenters. The second-order valence-electron chi connectivity index (χ2n) is 3.58. The minimum Gasteiger partial charge on any atom is -0.339 e. The van der Waals surface area contributed by atoms with E-state index in [2.05, 4.69) is 10.4 Å². The number of carbonyl (C=O) groups is 1. The first kappa shape index (κ1) is 9.92. The van der Waals surface area contributed by atoms with Gasteiger partial charge in [-0.15, -0.1) is 0 Å². The molecule has 0 saturated carbocycles. The summed E-state index contributed by atoms with van der Waals surface area (Å²) in [6, 6.07) is 3.44. The molecule has 3 N–H and O–H groups in total. The SMILES string of the molecule is NNc1ccc(C(=O)N2CCCC2)cn1. The summed E-state index contributed by atoms with van der Waals surface area (Å²) in [7, 11) is 0. The molecule has 5 nitrogen and oxygen atoms in total. The van der Waals surface area contributed by atoms with Gasteiger partial charge in [-0.2, -0.15) is 0 Å². The van der Waals surface area contributed by atoms with Crippen LogP contribution in [0.1, 0.15) is 23.2 Å². The maximum atomic E-state index is 11.9. The molecule has 0 spiro atoms. The summed E-state index contributed by atoms with van der Waals surface area (Å²) in [5.74, 6) is 5.81. The molecule has 0 bridgehead atoms. The van der Waals surface area contributed by atoms with E-state index in [0.717, 1.165) is 25.9 Å². The van der Waals surface area contributed by atoms with Crippen molar-refractivity contribution in [1.82, 2.24) is 9.88 Å². The summed E-state index contributed by atoms with van der Waals surface area (Å²) in [5, 5.41) is 0. The van der Waals surface area contributed by atoms with Crippen LogP contribution in [-0.4, -0.2) is 28.9 Å². The third kappa shape index (κ3) is 2.07. The van der Waals surface area contributed by atoms with Crippen LogP contribution in [0.3, 0.4) is 0 Å². The predicted octanol–water partition coefficient (Wildman–Crippen LogP) is 0.603. The van der Waals surface area contributed by atoms with E-state index in [9.17, 15) is 4.79 Å². The highest BCUT2D eigenvalue weighted by molar-refractivity contribution is 5.94. The van der Waals surface area contributed by atoms with Crippen LogP contribution in [-0.2, 0) is 0 Å². The second-order valence-corrected chi connectivity index (χ2v) is 3.58. The number of likely N-dealkylation sites (tertiary alicyclic amines) is 1. The minimum absolute atomic E-state index is 0.0589. The number of anilines is 1. The van der Waals surface area contributed by atoms with Gasteiger partial charge in [0.05, 0.1) is 5.56 Å². The van der Waals surface area contributed by atoms with E-state index in [1.807, 2.05) is 4.90 Å². The highest BCUT2D eigenvalue weighted by Gasteiger charge is 2.19. The molecule has 2 rings (SSSR count). The van der Waals surface area contributed by atoms with Crippen molar-refractivity contribution in [3.8, 4) is 0 Å². The van der Waals surface area contributed by atoms with Crippen molar-refractivity contribution in [3.63, 3.8) is 0 Å². The van der Waals surface area contributed by atoms with Crippen LogP contribution in [0.15, 0.2) is 18.3 Å². The largest absolute Gasteiger partial charge is 0.339 e. The number of nitrogens with one attached hydrogen (secondary N) is 1. The number of aromatic nitrogens is 1. The molecule has 1 aliphatic rings. The number of hydrogen-bond acceptors (Lipinski definition) is 4. The number of carbonyl (C=O) groups excluding carboxylic acids is 1. The highest BCUT2D eigenvalue weighted by atomic mass is 16.2. The fourth-order valence-corrected chi connectivity index (χ4v) is 1.71. The van der Waals surface area contributed by atoms with Crippen LogP contribution in [0, 0.1) is 0 Å². The van der Waals surface area contributed by atoms with E-state index in [1.54, 1.807) is 18.3 Å². The van der Waals surface area contributed by atoms with E-state index >= 15 is 0 Å². The lowest BCUT2D eigenvalue weighted by molar-refractivity contribution is 0.0792. The van der Waals surface area contributed by atoms with Crippen molar-refractivity contribution in [1.29, 1.82) is 0 Å². The van der Waals surface area contributed by atoms with Gasteiger partial charge in [0, 0.05) is 19.3 Å². The Kier molecular flexibility index (Phi) is 2.82. The minimum atomic E-state index is 0.0589. The van der Waals surface area contributed by atoms with Crippen LogP contribution in [0.5, 0.6) is 0 Å². The van der Waals surface area contributed by atoms with Crippen molar-refractivity contribution in [2.45, 2.75) is 12.8 Å². The van der Waals surface area contributed by atoms with Gasteiger partial charge in [-0.25, -0.2) is 10.8 Å². The lowest BCUT2D eigenvalue weighted by Gasteiger charge is -2.14. The van der Waals surface area contributed by atoms with Crippen molar-refractivity contribution in [2.24, 2.45) is 5.84 Å². The number of pyridine rings is 1. The Morgan fingerprint density at radius 1 is 1.40 bits per heavy atom. The molecular formula is C10H14N4O. The van der Waals surface area contributed by atoms with Gasteiger partial charge in [-0.05, 0) is 25.0 Å². The molecule has 1 aromatic rings. The number of hydrazine groups is 1. The number of hydrogen-bond donors (Lipinski definition) is 2. The molecule has 1 saturated heterocycles. The van der Waals surface area contributed by atoms with Gasteiger partial charge in [-0.3, -0.25) is 4.79 Å². The van der Waals surface area contributed by atoms with Gasteiger partial charge in [0.1, 0.15) is 5.82 Å². The van der Waals surface area contributed by atoms with Gasteiger partial charge in [0.2, 0.25) is 0 Å². The fraction of sp³-hybridized carbons (Fsp3) is 0.400. The zero-order valence-electron chi connectivity index (χ0n) is 8.44. The van der Waals surface area contributed by atoms with Gasteiger partial charge >= 0.3 is 0 Å². The molecule has 2 heterocycles. The van der Waals surface area contributed by atoms with Crippen LogP contribution < -0.4 is 11.3 Å². The van der Waals surface area contributed by atoms with Gasteiger partial charge in [-0.1, -0.05) is 0 Å². The lowest BCUT2D eigenvalue weighted by atomic mass is 10.2. The molecule has 0 aromatic carbocycles. The van der Waals surface area contributed by atoms with E-state index in [1.165, 1.54) is 0 Å². The predicted molar refractivity (Wildman–Crippen MR) is 57.2 cm³/mol. The highest BCUT2D eigenvalue weighted by Crippen LogP contribution is 2.13. The standard InChI is InChI=1S/C10H14N4O/c11-13-9-4-3-8(7-12-9)10(15)14-5-1-2-6-14/h3-4,7H,1-2,5-6,11H2,(H,12,13). The molecule has 0 unspecified atom stereocenters. The summed E-state index contributed by atoms with van der Waals surface area (Å²) in [6.07, 6.45) is 3.75. The van der Waals surface area contributed by atoms with E-state index in [-0.39, 0.29) is 5.91 Å². The molecule has 1 amide bonds. The van der Waals surface area contributed by atoms with Crippen LogP contribution in [0.25, 0.3) is 0 Å². The van der Waals surface area contributed by atoms with E-state index in [4.69, 9.17) is 5.84 Å². The summed E-state index contributed by atoms with van der Waals surface area (Å²) < 4.78 is 0.